The van der Waals surface area contributed by atoms with E-state index in [0.29, 0.717) is 23.9 Å². The smallest absolute Gasteiger partial charge is 0.349 e. The minimum Gasteiger partial charge on any atom is -0.466 e. The van der Waals surface area contributed by atoms with Crippen molar-refractivity contribution in [3.05, 3.63) is 46.3 Å². The van der Waals surface area contributed by atoms with Gasteiger partial charge in [-0.2, -0.15) is 0 Å². The Morgan fingerprint density at radius 3 is 2.81 bits per heavy atom. The predicted octanol–water partition coefficient (Wildman–Crippen LogP) is 1.48. The molecule has 0 aliphatic rings. The minimum absolute atomic E-state index is 0.0406. The maximum Gasteiger partial charge on any atom is 0.349 e. The van der Waals surface area contributed by atoms with Crippen LogP contribution in [0.25, 0.3) is 11.0 Å². The molecule has 1 aromatic heterocycles. The van der Waals surface area contributed by atoms with Gasteiger partial charge in [-0.1, -0.05) is 18.2 Å². The number of nitrogens with one attached hydrogen (secondary N) is 1. The molecule has 1 heterocycles. The van der Waals surface area contributed by atoms with Crippen LogP contribution < -0.4 is 10.9 Å². The van der Waals surface area contributed by atoms with Crippen LogP contribution in [0.4, 0.5) is 0 Å². The lowest BCUT2D eigenvalue weighted by Gasteiger charge is -2.05. The zero-order valence-electron chi connectivity index (χ0n) is 11.5. The van der Waals surface area contributed by atoms with Gasteiger partial charge in [0.15, 0.2) is 0 Å². The van der Waals surface area contributed by atoms with Crippen LogP contribution in [-0.2, 0) is 9.53 Å². The maximum atomic E-state index is 11.9. The van der Waals surface area contributed by atoms with Crippen molar-refractivity contribution in [1.82, 2.24) is 5.32 Å². The Kier molecular flexibility index (Phi) is 4.71. The van der Waals surface area contributed by atoms with Crippen molar-refractivity contribution in [2.45, 2.75) is 13.3 Å². The van der Waals surface area contributed by atoms with Gasteiger partial charge in [-0.25, -0.2) is 4.79 Å². The zero-order chi connectivity index (χ0) is 15.2. The highest BCUT2D eigenvalue weighted by molar-refractivity contribution is 5.96. The number of esters is 1. The van der Waals surface area contributed by atoms with Gasteiger partial charge in [-0.3, -0.25) is 9.59 Å². The van der Waals surface area contributed by atoms with Crippen molar-refractivity contribution in [3.8, 4) is 0 Å². The van der Waals surface area contributed by atoms with Crippen LogP contribution in [0.5, 0.6) is 0 Å². The first-order valence-electron chi connectivity index (χ1n) is 6.52. The van der Waals surface area contributed by atoms with Gasteiger partial charge in [0.05, 0.1) is 6.61 Å². The largest absolute Gasteiger partial charge is 0.466 e. The van der Waals surface area contributed by atoms with Crippen molar-refractivity contribution < 1.29 is 18.7 Å². The standard InChI is InChI=1S/C15H15NO5/c1-10(17)20-8-4-7-16-14(18)12-9-11-5-2-3-6-13(11)21-15(12)19/h2-3,5-6,9H,4,7-8H2,1H3,(H,16,18). The monoisotopic (exact) mass is 289 g/mol. The van der Waals surface area contributed by atoms with E-state index in [1.165, 1.54) is 13.0 Å². The molecule has 0 aliphatic carbocycles. The summed E-state index contributed by atoms with van der Waals surface area (Å²) in [5.74, 6) is -0.867. The number of fused-ring (bicyclic) bond motifs is 1. The van der Waals surface area contributed by atoms with Gasteiger partial charge in [0, 0.05) is 18.9 Å². The van der Waals surface area contributed by atoms with Gasteiger partial charge < -0.3 is 14.5 Å². The van der Waals surface area contributed by atoms with E-state index in [1.54, 1.807) is 24.3 Å². The SMILES string of the molecule is CC(=O)OCCCNC(=O)c1cc2ccccc2oc1=O. The van der Waals surface area contributed by atoms with Gasteiger partial charge in [-0.15, -0.1) is 0 Å². The Labute approximate surface area is 120 Å². The van der Waals surface area contributed by atoms with Crippen LogP contribution in [-0.4, -0.2) is 25.0 Å². The average Bonchev–Trinajstić information content (AvgIpc) is 2.45. The Balaban J connectivity index is 2.01. The molecule has 1 amide bonds. The summed E-state index contributed by atoms with van der Waals surface area (Å²) in [5.41, 5.74) is -0.277. The van der Waals surface area contributed by atoms with Crippen LogP contribution >= 0.6 is 0 Å². The number of hydrogen-bond donors (Lipinski definition) is 1. The Hall–Kier alpha value is -2.63. The Morgan fingerprint density at radius 1 is 1.29 bits per heavy atom. The molecular weight excluding hydrogens is 274 g/mol. The van der Waals surface area contributed by atoms with Gasteiger partial charge >= 0.3 is 11.6 Å². The first kappa shape index (κ1) is 14.8. The highest BCUT2D eigenvalue weighted by atomic mass is 16.5. The molecule has 0 fully saturated rings. The molecular formula is C15H15NO5. The number of amides is 1. The van der Waals surface area contributed by atoms with Crippen LogP contribution in [0.3, 0.4) is 0 Å². The van der Waals surface area contributed by atoms with E-state index < -0.39 is 11.5 Å². The van der Waals surface area contributed by atoms with E-state index in [1.807, 2.05) is 0 Å². The average molecular weight is 289 g/mol. The summed E-state index contributed by atoms with van der Waals surface area (Å²) in [6.07, 6.45) is 0.476. The Morgan fingerprint density at radius 2 is 2.05 bits per heavy atom. The van der Waals surface area contributed by atoms with E-state index in [0.717, 1.165) is 0 Å². The lowest BCUT2D eigenvalue weighted by atomic mass is 10.2. The van der Waals surface area contributed by atoms with Crippen molar-refractivity contribution >= 4 is 22.8 Å². The van der Waals surface area contributed by atoms with E-state index in [9.17, 15) is 14.4 Å². The molecule has 0 aliphatic heterocycles. The third-order valence-corrected chi connectivity index (χ3v) is 2.80. The van der Waals surface area contributed by atoms with Crippen LogP contribution in [0.1, 0.15) is 23.7 Å². The van der Waals surface area contributed by atoms with E-state index in [-0.39, 0.29) is 18.1 Å². The van der Waals surface area contributed by atoms with E-state index in [2.05, 4.69) is 5.32 Å². The molecule has 6 nitrogen and oxygen atoms in total. The molecule has 6 heteroatoms. The highest BCUT2D eigenvalue weighted by Crippen LogP contribution is 2.12. The number of carbonyl (C=O) groups is 2. The molecule has 1 N–H and O–H groups in total. The minimum atomic E-state index is -0.675. The molecule has 0 saturated heterocycles. The molecule has 21 heavy (non-hydrogen) atoms. The number of rotatable bonds is 5. The molecule has 0 spiro atoms. The van der Waals surface area contributed by atoms with E-state index >= 15 is 0 Å². The van der Waals surface area contributed by atoms with Gasteiger partial charge in [-0.05, 0) is 18.6 Å². The molecule has 2 rings (SSSR count). The first-order chi connectivity index (χ1) is 10.1. The fraction of sp³-hybridized carbons (Fsp3) is 0.267. The first-order valence-corrected chi connectivity index (χ1v) is 6.52. The second kappa shape index (κ2) is 6.69. The normalized spacial score (nSPS) is 10.3. The van der Waals surface area contributed by atoms with Crippen molar-refractivity contribution in [3.63, 3.8) is 0 Å². The molecule has 110 valence electrons. The summed E-state index contributed by atoms with van der Waals surface area (Å²) < 4.78 is 9.83. The summed E-state index contributed by atoms with van der Waals surface area (Å²) >= 11 is 0. The van der Waals surface area contributed by atoms with Gasteiger partial charge in [0.1, 0.15) is 11.1 Å². The number of ether oxygens (including phenoxy) is 1. The third kappa shape index (κ3) is 3.92. The number of hydrogen-bond acceptors (Lipinski definition) is 5. The molecule has 0 atom stereocenters. The molecule has 2 aromatic rings. The topological polar surface area (TPSA) is 85.6 Å². The highest BCUT2D eigenvalue weighted by Gasteiger charge is 2.12. The van der Waals surface area contributed by atoms with Gasteiger partial charge in [0.2, 0.25) is 0 Å². The van der Waals surface area contributed by atoms with Crippen LogP contribution in [0, 0.1) is 0 Å². The second-order valence-corrected chi connectivity index (χ2v) is 4.43. The lowest BCUT2D eigenvalue weighted by molar-refractivity contribution is -0.140. The summed E-state index contributed by atoms with van der Waals surface area (Å²) in [6.45, 7) is 1.85. The fourth-order valence-corrected chi connectivity index (χ4v) is 1.81. The number of carbonyl (C=O) groups excluding carboxylic acids is 2. The quantitative estimate of drug-likeness (QED) is 0.512. The molecule has 0 bridgehead atoms. The maximum absolute atomic E-state index is 11.9. The zero-order valence-corrected chi connectivity index (χ0v) is 11.5. The Bertz CT molecular complexity index is 719. The summed E-state index contributed by atoms with van der Waals surface area (Å²) in [4.78, 5) is 34.3. The fourth-order valence-electron chi connectivity index (χ4n) is 1.81. The van der Waals surface area contributed by atoms with Crippen LogP contribution in [0.15, 0.2) is 39.5 Å². The molecule has 1 aromatic carbocycles. The number of benzene rings is 1. The van der Waals surface area contributed by atoms with Crippen molar-refractivity contribution in [1.29, 1.82) is 0 Å². The summed E-state index contributed by atoms with van der Waals surface area (Å²) in [5, 5.41) is 3.27. The number of para-hydroxylation sites is 1. The van der Waals surface area contributed by atoms with Crippen molar-refractivity contribution in [2.75, 3.05) is 13.2 Å². The van der Waals surface area contributed by atoms with Crippen LogP contribution in [0.2, 0.25) is 0 Å². The third-order valence-electron chi connectivity index (χ3n) is 2.80. The van der Waals surface area contributed by atoms with Gasteiger partial charge in [0.25, 0.3) is 5.91 Å². The summed E-state index contributed by atoms with van der Waals surface area (Å²) in [7, 11) is 0. The lowest BCUT2D eigenvalue weighted by Crippen LogP contribution is -2.29. The molecule has 0 saturated carbocycles. The second-order valence-electron chi connectivity index (χ2n) is 4.43. The molecule has 0 radical (unpaired) electrons. The predicted molar refractivity (Wildman–Crippen MR) is 76.1 cm³/mol. The summed E-state index contributed by atoms with van der Waals surface area (Å²) in [6, 6.07) is 8.47. The van der Waals surface area contributed by atoms with Crippen molar-refractivity contribution in [2.24, 2.45) is 0 Å². The molecule has 0 unspecified atom stereocenters. The van der Waals surface area contributed by atoms with E-state index in [4.69, 9.17) is 9.15 Å².